The number of rotatable bonds is 6. The van der Waals surface area contributed by atoms with Crippen molar-refractivity contribution in [1.29, 1.82) is 0 Å². The number of hydrogen-bond donors (Lipinski definition) is 2. The van der Waals surface area contributed by atoms with Crippen molar-refractivity contribution in [3.8, 4) is 5.75 Å². The van der Waals surface area contributed by atoms with Crippen molar-refractivity contribution in [1.82, 2.24) is 0 Å². The Labute approximate surface area is 174 Å². The molecule has 0 aliphatic carbocycles. The van der Waals surface area contributed by atoms with E-state index in [2.05, 4.69) is 0 Å². The SMILES string of the molecule is CC(C)N(C(=O)C(CO)Cc1cc(C(F)(F)F)cc(C(F)(F)F)c1)c1ccc(O)cc1. The summed E-state index contributed by atoms with van der Waals surface area (Å²) in [6.45, 7) is 2.54. The molecule has 0 radical (unpaired) electrons. The van der Waals surface area contributed by atoms with Gasteiger partial charge in [0.15, 0.2) is 0 Å². The fraction of sp³-hybridized carbons (Fsp3) is 0.381. The molecule has 0 aromatic heterocycles. The van der Waals surface area contributed by atoms with Crippen molar-refractivity contribution in [2.75, 3.05) is 11.5 Å². The first-order valence-corrected chi connectivity index (χ1v) is 9.25. The van der Waals surface area contributed by atoms with Crippen molar-refractivity contribution in [2.24, 2.45) is 5.92 Å². The van der Waals surface area contributed by atoms with Gasteiger partial charge in [0.2, 0.25) is 5.91 Å². The number of aliphatic hydroxyl groups excluding tert-OH is 1. The van der Waals surface area contributed by atoms with Gasteiger partial charge < -0.3 is 15.1 Å². The van der Waals surface area contributed by atoms with Gasteiger partial charge in [-0.25, -0.2) is 0 Å². The Hall–Kier alpha value is -2.75. The molecule has 0 aliphatic heterocycles. The summed E-state index contributed by atoms with van der Waals surface area (Å²) < 4.78 is 78.5. The Morgan fingerprint density at radius 3 is 1.81 bits per heavy atom. The summed E-state index contributed by atoms with van der Waals surface area (Å²) in [6, 6.07) is 6.20. The van der Waals surface area contributed by atoms with Gasteiger partial charge in [0.05, 0.1) is 23.7 Å². The van der Waals surface area contributed by atoms with Crippen molar-refractivity contribution in [3.63, 3.8) is 0 Å². The van der Waals surface area contributed by atoms with Crippen LogP contribution in [0.1, 0.15) is 30.5 Å². The second kappa shape index (κ2) is 9.17. The molecule has 0 spiro atoms. The van der Waals surface area contributed by atoms with E-state index in [1.54, 1.807) is 13.8 Å². The number of amides is 1. The molecule has 1 atom stereocenters. The van der Waals surface area contributed by atoms with Gasteiger partial charge in [-0.15, -0.1) is 0 Å². The zero-order valence-electron chi connectivity index (χ0n) is 16.6. The molecule has 2 N–H and O–H groups in total. The number of phenolic OH excluding ortho intramolecular Hbond substituents is 1. The molecule has 2 aromatic carbocycles. The first-order chi connectivity index (χ1) is 14.2. The van der Waals surface area contributed by atoms with Crippen molar-refractivity contribution >= 4 is 11.6 Å². The number of hydrogen-bond acceptors (Lipinski definition) is 3. The van der Waals surface area contributed by atoms with E-state index in [0.29, 0.717) is 17.8 Å². The third-order valence-corrected chi connectivity index (χ3v) is 4.58. The molecule has 1 unspecified atom stereocenters. The number of benzene rings is 2. The molecule has 2 rings (SSSR count). The van der Waals surface area contributed by atoms with Crippen LogP contribution in [0.3, 0.4) is 0 Å². The van der Waals surface area contributed by atoms with E-state index in [4.69, 9.17) is 0 Å². The minimum Gasteiger partial charge on any atom is -0.508 e. The van der Waals surface area contributed by atoms with E-state index in [9.17, 15) is 41.4 Å². The summed E-state index contributed by atoms with van der Waals surface area (Å²) >= 11 is 0. The Kier molecular flexibility index (Phi) is 7.25. The number of aromatic hydroxyl groups is 1. The van der Waals surface area contributed by atoms with Gasteiger partial charge in [-0.05, 0) is 68.3 Å². The largest absolute Gasteiger partial charge is 0.508 e. The zero-order chi connectivity index (χ0) is 23.6. The summed E-state index contributed by atoms with van der Waals surface area (Å²) in [5.74, 6) is -2.00. The summed E-state index contributed by atoms with van der Waals surface area (Å²) in [4.78, 5) is 14.3. The van der Waals surface area contributed by atoms with E-state index in [-0.39, 0.29) is 17.4 Å². The molecular formula is C21H21F6NO3. The lowest BCUT2D eigenvalue weighted by Gasteiger charge is -2.30. The molecule has 4 nitrogen and oxygen atoms in total. The Balaban J connectivity index is 2.42. The molecule has 0 saturated carbocycles. The van der Waals surface area contributed by atoms with Gasteiger partial charge in [-0.2, -0.15) is 26.3 Å². The monoisotopic (exact) mass is 449 g/mol. The van der Waals surface area contributed by atoms with Crippen LogP contribution in [0, 0.1) is 5.92 Å². The second-order valence-electron chi connectivity index (χ2n) is 7.32. The van der Waals surface area contributed by atoms with Crippen molar-refractivity contribution < 1.29 is 41.4 Å². The number of aliphatic hydroxyl groups is 1. The zero-order valence-corrected chi connectivity index (χ0v) is 16.6. The maximum absolute atomic E-state index is 13.1. The van der Waals surface area contributed by atoms with Crippen LogP contribution < -0.4 is 4.90 Å². The Morgan fingerprint density at radius 2 is 1.42 bits per heavy atom. The fourth-order valence-electron chi connectivity index (χ4n) is 3.14. The summed E-state index contributed by atoms with van der Waals surface area (Å²) in [5.41, 5.74) is -2.98. The number of halogens is 6. The van der Waals surface area contributed by atoms with Crippen molar-refractivity contribution in [2.45, 2.75) is 38.7 Å². The minimum atomic E-state index is -5.01. The summed E-state index contributed by atoms with van der Waals surface area (Å²) in [5, 5.41) is 19.1. The molecule has 0 aliphatic rings. The second-order valence-corrected chi connectivity index (χ2v) is 7.32. The van der Waals surface area contributed by atoms with E-state index < -0.39 is 54.4 Å². The number of nitrogens with zero attached hydrogens (tertiary/aromatic N) is 1. The van der Waals surface area contributed by atoms with Crippen molar-refractivity contribution in [3.05, 3.63) is 59.2 Å². The van der Waals surface area contributed by atoms with Crippen LogP contribution >= 0.6 is 0 Å². The summed E-state index contributed by atoms with van der Waals surface area (Å²) in [7, 11) is 0. The lowest BCUT2D eigenvalue weighted by atomic mass is 9.94. The van der Waals surface area contributed by atoms with Crippen LogP contribution in [-0.2, 0) is 23.6 Å². The summed E-state index contributed by atoms with van der Waals surface area (Å²) in [6.07, 6.45) is -10.5. The molecule has 2 aromatic rings. The van der Waals surface area contributed by atoms with E-state index in [1.165, 1.54) is 29.2 Å². The van der Waals surface area contributed by atoms with E-state index >= 15 is 0 Å². The van der Waals surface area contributed by atoms with Crippen LogP contribution in [-0.4, -0.2) is 28.8 Å². The minimum absolute atomic E-state index is 0.0101. The van der Waals surface area contributed by atoms with Crippen LogP contribution in [0.25, 0.3) is 0 Å². The molecule has 31 heavy (non-hydrogen) atoms. The Morgan fingerprint density at radius 1 is 0.935 bits per heavy atom. The molecule has 0 saturated heterocycles. The molecule has 0 fully saturated rings. The van der Waals surface area contributed by atoms with Crippen LogP contribution in [0.15, 0.2) is 42.5 Å². The molecule has 0 bridgehead atoms. The highest BCUT2D eigenvalue weighted by Crippen LogP contribution is 2.37. The quantitative estimate of drug-likeness (QED) is 0.609. The molecule has 1 amide bonds. The lowest BCUT2D eigenvalue weighted by Crippen LogP contribution is -2.43. The third-order valence-electron chi connectivity index (χ3n) is 4.58. The average Bonchev–Trinajstić information content (AvgIpc) is 2.65. The number of carbonyl (C=O) groups excluding carboxylic acids is 1. The molecule has 0 heterocycles. The van der Waals surface area contributed by atoms with E-state index in [1.807, 2.05) is 0 Å². The highest BCUT2D eigenvalue weighted by atomic mass is 19.4. The number of anilines is 1. The fourth-order valence-corrected chi connectivity index (χ4v) is 3.14. The maximum atomic E-state index is 13.1. The normalized spacial score (nSPS) is 13.4. The standard InChI is InChI=1S/C21H21F6NO3/c1-12(2)28(17-3-5-18(30)6-4-17)19(31)14(11-29)7-13-8-15(20(22,23)24)10-16(9-13)21(25,26)27/h3-6,8-10,12,14,29-30H,7,11H2,1-2H3. The number of phenols is 1. The Bertz CT molecular complexity index is 875. The number of carbonyl (C=O) groups is 1. The van der Waals surface area contributed by atoms with Gasteiger partial charge in [0.25, 0.3) is 0 Å². The van der Waals surface area contributed by atoms with Gasteiger partial charge in [-0.3, -0.25) is 4.79 Å². The van der Waals surface area contributed by atoms with Gasteiger partial charge in [-0.1, -0.05) is 0 Å². The van der Waals surface area contributed by atoms with E-state index in [0.717, 1.165) is 0 Å². The van der Waals surface area contributed by atoms with Gasteiger partial charge in [0, 0.05) is 11.7 Å². The van der Waals surface area contributed by atoms with Gasteiger partial charge >= 0.3 is 12.4 Å². The first kappa shape index (κ1) is 24.5. The molecule has 10 heteroatoms. The van der Waals surface area contributed by atoms with Crippen LogP contribution in [0.4, 0.5) is 32.0 Å². The smallest absolute Gasteiger partial charge is 0.416 e. The van der Waals surface area contributed by atoms with Crippen LogP contribution in [0.5, 0.6) is 5.75 Å². The molecular weight excluding hydrogens is 428 g/mol. The topological polar surface area (TPSA) is 60.8 Å². The number of alkyl halides is 6. The maximum Gasteiger partial charge on any atom is 0.416 e. The third kappa shape index (κ3) is 6.13. The predicted molar refractivity (Wildman–Crippen MR) is 101 cm³/mol. The highest BCUT2D eigenvalue weighted by molar-refractivity contribution is 5.95. The van der Waals surface area contributed by atoms with Gasteiger partial charge in [0.1, 0.15) is 5.75 Å². The highest BCUT2D eigenvalue weighted by Gasteiger charge is 2.37. The molecule has 170 valence electrons. The average molecular weight is 449 g/mol. The lowest BCUT2D eigenvalue weighted by molar-refractivity contribution is -0.143. The predicted octanol–water partition coefficient (Wildman–Crippen LogP) is 5.02. The van der Waals surface area contributed by atoms with Crippen LogP contribution in [0.2, 0.25) is 0 Å². The first-order valence-electron chi connectivity index (χ1n) is 9.25.